The third-order valence-electron chi connectivity index (χ3n) is 3.24. The van der Waals surface area contributed by atoms with E-state index in [0.29, 0.717) is 6.04 Å². The van der Waals surface area contributed by atoms with E-state index in [9.17, 15) is 0 Å². The van der Waals surface area contributed by atoms with Crippen LogP contribution in [0.5, 0.6) is 0 Å². The first-order chi connectivity index (χ1) is 7.66. The van der Waals surface area contributed by atoms with Crippen LogP contribution in [0.3, 0.4) is 0 Å². The monoisotopic (exact) mass is 282 g/mol. The lowest BCUT2D eigenvalue weighted by Crippen LogP contribution is -2.48. The molecule has 0 aliphatic carbocycles. The normalized spacial score (nSPS) is 18.1. The van der Waals surface area contributed by atoms with E-state index in [0.717, 1.165) is 17.6 Å². The van der Waals surface area contributed by atoms with Crippen LogP contribution in [0.1, 0.15) is 13.8 Å². The molecule has 0 saturated carbocycles. The van der Waals surface area contributed by atoms with Crippen molar-refractivity contribution >= 4 is 21.6 Å². The summed E-state index contributed by atoms with van der Waals surface area (Å²) in [5, 5.41) is 0. The third kappa shape index (κ3) is 2.77. The molecule has 16 heavy (non-hydrogen) atoms. The van der Waals surface area contributed by atoms with Gasteiger partial charge in [-0.1, -0.05) is 15.9 Å². The highest BCUT2D eigenvalue weighted by molar-refractivity contribution is 9.10. The Bertz CT molecular complexity index is 326. The van der Waals surface area contributed by atoms with E-state index < -0.39 is 0 Å². The van der Waals surface area contributed by atoms with E-state index in [1.165, 1.54) is 18.8 Å². The molecule has 1 heterocycles. The molecule has 1 aliphatic heterocycles. The van der Waals surface area contributed by atoms with Crippen LogP contribution in [-0.2, 0) is 0 Å². The lowest BCUT2D eigenvalue weighted by molar-refractivity contribution is 0.209. The molecule has 0 spiro atoms. The molecule has 1 aromatic rings. The highest BCUT2D eigenvalue weighted by atomic mass is 79.9. The average molecular weight is 283 g/mol. The maximum absolute atomic E-state index is 3.47. The number of anilines is 1. The van der Waals surface area contributed by atoms with Gasteiger partial charge in [-0.2, -0.15) is 0 Å². The molecule has 1 aromatic carbocycles. The van der Waals surface area contributed by atoms with Gasteiger partial charge in [0.05, 0.1) is 0 Å². The first-order valence-corrected chi connectivity index (χ1v) is 6.70. The first kappa shape index (κ1) is 11.9. The van der Waals surface area contributed by atoms with Crippen molar-refractivity contribution < 1.29 is 0 Å². The number of benzene rings is 1. The van der Waals surface area contributed by atoms with Gasteiger partial charge in [-0.3, -0.25) is 4.90 Å². The highest BCUT2D eigenvalue weighted by Gasteiger charge is 2.18. The fourth-order valence-electron chi connectivity index (χ4n) is 2.15. The Morgan fingerprint density at radius 3 is 2.06 bits per heavy atom. The summed E-state index contributed by atoms with van der Waals surface area (Å²) < 4.78 is 1.15. The zero-order valence-corrected chi connectivity index (χ0v) is 11.6. The van der Waals surface area contributed by atoms with Crippen LogP contribution in [0.25, 0.3) is 0 Å². The lowest BCUT2D eigenvalue weighted by Gasteiger charge is -2.38. The molecular formula is C13H19BrN2. The van der Waals surface area contributed by atoms with Crippen LogP contribution < -0.4 is 4.90 Å². The molecule has 0 N–H and O–H groups in total. The van der Waals surface area contributed by atoms with Gasteiger partial charge >= 0.3 is 0 Å². The predicted molar refractivity (Wildman–Crippen MR) is 73.1 cm³/mol. The maximum atomic E-state index is 3.47. The Labute approximate surface area is 106 Å². The summed E-state index contributed by atoms with van der Waals surface area (Å²) in [7, 11) is 0. The highest BCUT2D eigenvalue weighted by Crippen LogP contribution is 2.20. The molecule has 2 rings (SSSR count). The summed E-state index contributed by atoms with van der Waals surface area (Å²) in [6, 6.07) is 9.28. The molecule has 1 fully saturated rings. The molecule has 0 bridgehead atoms. The standard InChI is InChI=1S/C13H19BrN2/c1-11(2)15-7-9-16(10-8-15)13-5-3-12(14)4-6-13/h3-6,11H,7-10H2,1-2H3. The van der Waals surface area contributed by atoms with E-state index >= 15 is 0 Å². The SMILES string of the molecule is CC(C)N1CCN(c2ccc(Br)cc2)CC1. The molecule has 88 valence electrons. The summed E-state index contributed by atoms with van der Waals surface area (Å²) in [4.78, 5) is 5.00. The molecular weight excluding hydrogens is 264 g/mol. The van der Waals surface area contributed by atoms with Crippen molar-refractivity contribution in [2.75, 3.05) is 31.1 Å². The Balaban J connectivity index is 1.96. The number of piperazine rings is 1. The maximum Gasteiger partial charge on any atom is 0.0367 e. The lowest BCUT2D eigenvalue weighted by atomic mass is 10.2. The summed E-state index contributed by atoms with van der Waals surface area (Å²) in [6.45, 7) is 9.17. The predicted octanol–water partition coefficient (Wildman–Crippen LogP) is 2.98. The van der Waals surface area contributed by atoms with Gasteiger partial charge < -0.3 is 4.90 Å². The Kier molecular flexibility index (Phi) is 3.87. The number of hydrogen-bond acceptors (Lipinski definition) is 2. The summed E-state index contributed by atoms with van der Waals surface area (Å²) in [5.74, 6) is 0. The van der Waals surface area contributed by atoms with Crippen molar-refractivity contribution in [3.63, 3.8) is 0 Å². The topological polar surface area (TPSA) is 6.48 Å². The largest absolute Gasteiger partial charge is 0.369 e. The van der Waals surface area contributed by atoms with Crippen LogP contribution in [0.15, 0.2) is 28.7 Å². The van der Waals surface area contributed by atoms with Gasteiger partial charge in [-0.25, -0.2) is 0 Å². The number of hydrogen-bond donors (Lipinski definition) is 0. The van der Waals surface area contributed by atoms with E-state index in [2.05, 4.69) is 63.8 Å². The van der Waals surface area contributed by atoms with Crippen molar-refractivity contribution in [1.29, 1.82) is 0 Å². The van der Waals surface area contributed by atoms with Crippen LogP contribution in [0, 0.1) is 0 Å². The second kappa shape index (κ2) is 5.19. The van der Waals surface area contributed by atoms with Gasteiger partial charge in [0, 0.05) is 42.4 Å². The third-order valence-corrected chi connectivity index (χ3v) is 3.76. The molecule has 0 atom stereocenters. The van der Waals surface area contributed by atoms with Gasteiger partial charge in [0.2, 0.25) is 0 Å². The molecule has 3 heteroatoms. The first-order valence-electron chi connectivity index (χ1n) is 5.91. The van der Waals surface area contributed by atoms with Crippen LogP contribution in [0.2, 0.25) is 0 Å². The smallest absolute Gasteiger partial charge is 0.0367 e. The van der Waals surface area contributed by atoms with Crippen molar-refractivity contribution in [1.82, 2.24) is 4.90 Å². The zero-order chi connectivity index (χ0) is 11.5. The fraction of sp³-hybridized carbons (Fsp3) is 0.538. The molecule has 1 aliphatic rings. The second-order valence-electron chi connectivity index (χ2n) is 4.59. The molecule has 0 unspecified atom stereocenters. The molecule has 0 amide bonds. The Morgan fingerprint density at radius 1 is 1.00 bits per heavy atom. The van der Waals surface area contributed by atoms with Crippen molar-refractivity contribution in [2.24, 2.45) is 0 Å². The van der Waals surface area contributed by atoms with E-state index in [1.807, 2.05) is 0 Å². The minimum Gasteiger partial charge on any atom is -0.369 e. The van der Waals surface area contributed by atoms with Crippen molar-refractivity contribution in [2.45, 2.75) is 19.9 Å². The fourth-order valence-corrected chi connectivity index (χ4v) is 2.41. The quantitative estimate of drug-likeness (QED) is 0.823. The van der Waals surface area contributed by atoms with Gasteiger partial charge in [0.1, 0.15) is 0 Å². The number of halogens is 1. The molecule has 1 saturated heterocycles. The summed E-state index contributed by atoms with van der Waals surface area (Å²) in [6.07, 6.45) is 0. The minimum absolute atomic E-state index is 0.673. The van der Waals surface area contributed by atoms with Crippen LogP contribution in [-0.4, -0.2) is 37.1 Å². The summed E-state index contributed by atoms with van der Waals surface area (Å²) in [5.41, 5.74) is 1.34. The summed E-state index contributed by atoms with van der Waals surface area (Å²) >= 11 is 3.47. The van der Waals surface area contributed by atoms with Gasteiger partial charge in [0.15, 0.2) is 0 Å². The van der Waals surface area contributed by atoms with Crippen LogP contribution >= 0.6 is 15.9 Å². The van der Waals surface area contributed by atoms with Gasteiger partial charge in [-0.15, -0.1) is 0 Å². The van der Waals surface area contributed by atoms with Crippen molar-refractivity contribution in [3.05, 3.63) is 28.7 Å². The van der Waals surface area contributed by atoms with E-state index in [-0.39, 0.29) is 0 Å². The van der Waals surface area contributed by atoms with Crippen molar-refractivity contribution in [3.8, 4) is 0 Å². The average Bonchev–Trinajstić information content (AvgIpc) is 2.30. The van der Waals surface area contributed by atoms with Gasteiger partial charge in [0.25, 0.3) is 0 Å². The Morgan fingerprint density at radius 2 is 1.56 bits per heavy atom. The number of nitrogens with zero attached hydrogens (tertiary/aromatic N) is 2. The molecule has 2 nitrogen and oxygen atoms in total. The molecule has 0 aromatic heterocycles. The second-order valence-corrected chi connectivity index (χ2v) is 5.51. The van der Waals surface area contributed by atoms with Gasteiger partial charge in [-0.05, 0) is 38.1 Å². The van der Waals surface area contributed by atoms with Crippen LogP contribution in [0.4, 0.5) is 5.69 Å². The van der Waals surface area contributed by atoms with E-state index in [4.69, 9.17) is 0 Å². The zero-order valence-electron chi connectivity index (χ0n) is 9.99. The Hall–Kier alpha value is -0.540. The molecule has 0 radical (unpaired) electrons. The van der Waals surface area contributed by atoms with E-state index in [1.54, 1.807) is 0 Å². The number of rotatable bonds is 2. The minimum atomic E-state index is 0.673.